The van der Waals surface area contributed by atoms with Crippen LogP contribution in [-0.4, -0.2) is 33.3 Å². The van der Waals surface area contributed by atoms with Gasteiger partial charge in [0, 0.05) is 0 Å². The third-order valence-corrected chi connectivity index (χ3v) is 5.14. The van der Waals surface area contributed by atoms with Gasteiger partial charge in [-0.25, -0.2) is 9.97 Å². The van der Waals surface area contributed by atoms with Gasteiger partial charge in [0.1, 0.15) is 11.0 Å². The number of nitrogens with one attached hydrogen (secondary N) is 1. The molecule has 0 aliphatic heterocycles. The predicted molar refractivity (Wildman–Crippen MR) is 103 cm³/mol. The maximum atomic E-state index is 11.9. The molecule has 2 aromatic heterocycles. The van der Waals surface area contributed by atoms with E-state index in [-0.39, 0.29) is 11.5 Å². The van der Waals surface area contributed by atoms with Crippen LogP contribution < -0.4 is 5.32 Å². The van der Waals surface area contributed by atoms with E-state index in [9.17, 15) is 9.59 Å². The highest BCUT2D eigenvalue weighted by Crippen LogP contribution is 2.24. The summed E-state index contributed by atoms with van der Waals surface area (Å²) in [4.78, 5) is 32.4. The van der Waals surface area contributed by atoms with Gasteiger partial charge in [-0.3, -0.25) is 14.9 Å². The maximum absolute atomic E-state index is 11.9. The second kappa shape index (κ2) is 7.85. The Hall–Kier alpha value is -2.78. The molecular weight excluding hydrogens is 386 g/mol. The number of fused-ring (bicyclic) bond motifs is 2. The lowest BCUT2D eigenvalue weighted by atomic mass is 10.3. The molecule has 136 valence electrons. The van der Waals surface area contributed by atoms with Crippen molar-refractivity contribution in [3.8, 4) is 0 Å². The summed E-state index contributed by atoms with van der Waals surface area (Å²) in [5.74, 6) is -0.756. The van der Waals surface area contributed by atoms with E-state index in [1.807, 2.05) is 36.4 Å². The number of nitrogens with zero attached hydrogens (tertiary/aromatic N) is 2. The molecule has 0 saturated carbocycles. The molecule has 7 nitrogen and oxygen atoms in total. The van der Waals surface area contributed by atoms with Crippen molar-refractivity contribution >= 4 is 57.5 Å². The number of benzene rings is 2. The molecule has 4 rings (SSSR count). The summed E-state index contributed by atoms with van der Waals surface area (Å²) in [7, 11) is 0. The zero-order valence-electron chi connectivity index (χ0n) is 13.9. The second-order valence-corrected chi connectivity index (χ2v) is 7.30. The normalized spacial score (nSPS) is 11.1. The zero-order chi connectivity index (χ0) is 18.6. The van der Waals surface area contributed by atoms with Gasteiger partial charge in [-0.2, -0.15) is 0 Å². The minimum Gasteiger partial charge on any atom is -0.431 e. The van der Waals surface area contributed by atoms with E-state index in [0.29, 0.717) is 21.6 Å². The van der Waals surface area contributed by atoms with Crippen LogP contribution in [0.25, 0.3) is 22.2 Å². The van der Waals surface area contributed by atoms with Crippen molar-refractivity contribution < 1.29 is 18.4 Å². The van der Waals surface area contributed by atoms with Crippen molar-refractivity contribution in [2.45, 2.75) is 10.4 Å². The molecule has 0 bridgehead atoms. The van der Waals surface area contributed by atoms with Crippen LogP contribution in [-0.2, 0) is 9.59 Å². The Balaban J connectivity index is 1.25. The minimum absolute atomic E-state index is 0.0338. The van der Waals surface area contributed by atoms with Gasteiger partial charge in [0.05, 0.1) is 11.5 Å². The van der Waals surface area contributed by atoms with E-state index in [2.05, 4.69) is 15.3 Å². The molecule has 2 heterocycles. The Morgan fingerprint density at radius 3 is 1.67 bits per heavy atom. The molecule has 0 radical (unpaired) electrons. The molecule has 0 spiro atoms. The average molecular weight is 399 g/mol. The number of thioether (sulfide) groups is 2. The molecule has 0 saturated heterocycles. The molecule has 0 unspecified atom stereocenters. The van der Waals surface area contributed by atoms with Crippen LogP contribution in [0.4, 0.5) is 0 Å². The molecule has 0 aliphatic rings. The molecule has 27 heavy (non-hydrogen) atoms. The Labute approximate surface area is 161 Å². The summed E-state index contributed by atoms with van der Waals surface area (Å²) >= 11 is 2.27. The van der Waals surface area contributed by atoms with Gasteiger partial charge >= 0.3 is 0 Å². The molecule has 0 fully saturated rings. The summed E-state index contributed by atoms with van der Waals surface area (Å²) in [6.07, 6.45) is 0. The number of hydrogen-bond acceptors (Lipinski definition) is 8. The monoisotopic (exact) mass is 399 g/mol. The van der Waals surface area contributed by atoms with Crippen molar-refractivity contribution in [1.29, 1.82) is 0 Å². The fourth-order valence-corrected chi connectivity index (χ4v) is 3.58. The van der Waals surface area contributed by atoms with Crippen LogP contribution in [0, 0.1) is 0 Å². The number of amides is 2. The summed E-state index contributed by atoms with van der Waals surface area (Å²) in [5.41, 5.74) is 2.77. The molecule has 2 amide bonds. The third-order valence-electron chi connectivity index (χ3n) is 3.48. The Bertz CT molecular complexity index is 968. The molecule has 0 aliphatic carbocycles. The molecule has 2 aromatic carbocycles. The van der Waals surface area contributed by atoms with Gasteiger partial charge in [0.15, 0.2) is 11.2 Å². The van der Waals surface area contributed by atoms with Crippen LogP contribution in [0.1, 0.15) is 0 Å². The van der Waals surface area contributed by atoms with Crippen LogP contribution in [0.15, 0.2) is 67.8 Å². The van der Waals surface area contributed by atoms with Crippen molar-refractivity contribution in [3.63, 3.8) is 0 Å². The van der Waals surface area contributed by atoms with E-state index in [4.69, 9.17) is 8.83 Å². The standard InChI is InChI=1S/C18H13N3O4S2/c22-15(9-26-17-19-11-5-1-3-7-13(11)24-17)21-16(23)10-27-18-20-12-6-2-4-8-14(12)25-18/h1-8H,9-10H2,(H,21,22,23). The average Bonchev–Trinajstić information content (AvgIpc) is 3.27. The lowest BCUT2D eigenvalue weighted by Crippen LogP contribution is -2.33. The molecule has 0 atom stereocenters. The van der Waals surface area contributed by atoms with E-state index in [0.717, 1.165) is 34.6 Å². The van der Waals surface area contributed by atoms with Crippen molar-refractivity contribution in [2.24, 2.45) is 0 Å². The summed E-state index contributed by atoms with van der Waals surface area (Å²) in [6, 6.07) is 14.7. The number of para-hydroxylation sites is 4. The van der Waals surface area contributed by atoms with Gasteiger partial charge in [-0.1, -0.05) is 47.8 Å². The van der Waals surface area contributed by atoms with Crippen LogP contribution >= 0.6 is 23.5 Å². The smallest absolute Gasteiger partial charge is 0.257 e. The molecule has 4 aromatic rings. The highest BCUT2D eigenvalue weighted by Gasteiger charge is 2.13. The van der Waals surface area contributed by atoms with Crippen molar-refractivity contribution in [3.05, 3.63) is 48.5 Å². The molecule has 1 N–H and O–H groups in total. The van der Waals surface area contributed by atoms with Crippen LogP contribution in [0.3, 0.4) is 0 Å². The topological polar surface area (TPSA) is 98.2 Å². The van der Waals surface area contributed by atoms with Gasteiger partial charge in [0.2, 0.25) is 11.8 Å². The first-order valence-electron chi connectivity index (χ1n) is 7.97. The predicted octanol–water partition coefficient (Wildman–Crippen LogP) is 3.50. The summed E-state index contributed by atoms with van der Waals surface area (Å²) < 4.78 is 11.0. The first kappa shape index (κ1) is 17.6. The number of aromatic nitrogens is 2. The van der Waals surface area contributed by atoms with Crippen molar-refractivity contribution in [2.75, 3.05) is 11.5 Å². The first-order chi connectivity index (χ1) is 13.2. The summed E-state index contributed by atoms with van der Waals surface area (Å²) in [6.45, 7) is 0. The van der Waals surface area contributed by atoms with Gasteiger partial charge < -0.3 is 8.83 Å². The highest BCUT2D eigenvalue weighted by atomic mass is 32.2. The quantitative estimate of drug-likeness (QED) is 0.492. The summed E-state index contributed by atoms with van der Waals surface area (Å²) in [5, 5.41) is 3.11. The van der Waals surface area contributed by atoms with Gasteiger partial charge in [0.25, 0.3) is 10.4 Å². The lowest BCUT2D eigenvalue weighted by molar-refractivity contribution is -0.127. The number of carbonyl (C=O) groups is 2. The SMILES string of the molecule is O=C(CSc1nc2ccccc2o1)NC(=O)CSc1nc2ccccc2o1. The Kier molecular flexibility index (Phi) is 5.12. The number of hydrogen-bond donors (Lipinski definition) is 1. The van der Waals surface area contributed by atoms with E-state index in [1.165, 1.54) is 0 Å². The molecular formula is C18H13N3O4S2. The van der Waals surface area contributed by atoms with Crippen molar-refractivity contribution in [1.82, 2.24) is 15.3 Å². The van der Waals surface area contributed by atoms with E-state index in [1.54, 1.807) is 12.1 Å². The van der Waals surface area contributed by atoms with Gasteiger partial charge in [-0.15, -0.1) is 0 Å². The number of imide groups is 1. The Morgan fingerprint density at radius 1 is 0.778 bits per heavy atom. The number of carbonyl (C=O) groups excluding carboxylic acids is 2. The highest BCUT2D eigenvalue weighted by molar-refractivity contribution is 8.00. The number of oxazole rings is 2. The minimum atomic E-state index is -0.412. The molecule has 9 heteroatoms. The first-order valence-corrected chi connectivity index (χ1v) is 9.94. The fraction of sp³-hybridized carbons (Fsp3) is 0.111. The second-order valence-electron chi connectivity index (χ2n) is 5.44. The Morgan fingerprint density at radius 2 is 1.22 bits per heavy atom. The largest absolute Gasteiger partial charge is 0.431 e. The zero-order valence-corrected chi connectivity index (χ0v) is 15.5. The fourth-order valence-electron chi connectivity index (χ4n) is 2.31. The van der Waals surface area contributed by atoms with Gasteiger partial charge in [-0.05, 0) is 24.3 Å². The van der Waals surface area contributed by atoms with E-state index >= 15 is 0 Å². The lowest BCUT2D eigenvalue weighted by Gasteiger charge is -2.01. The van der Waals surface area contributed by atoms with Crippen LogP contribution in [0.2, 0.25) is 0 Å². The third kappa shape index (κ3) is 4.32. The maximum Gasteiger partial charge on any atom is 0.257 e. The van der Waals surface area contributed by atoms with Crippen LogP contribution in [0.5, 0.6) is 0 Å². The number of rotatable bonds is 6. The van der Waals surface area contributed by atoms with E-state index < -0.39 is 11.8 Å².